The van der Waals surface area contributed by atoms with Gasteiger partial charge in [-0.1, -0.05) is 17.9 Å². The van der Waals surface area contributed by atoms with Gasteiger partial charge in [0, 0.05) is 12.2 Å². The van der Waals surface area contributed by atoms with Crippen LogP contribution in [0.4, 0.5) is 0 Å². The molecule has 0 aliphatic carbocycles. The van der Waals surface area contributed by atoms with Crippen LogP contribution < -0.4 is 4.74 Å². The number of alkyl halides is 1. The average Bonchev–Trinajstić information content (AvgIpc) is 2.27. The molecule has 0 saturated heterocycles. The molecule has 0 atom stereocenters. The summed E-state index contributed by atoms with van der Waals surface area (Å²) in [4.78, 5) is 0. The second kappa shape index (κ2) is 7.17. The number of hydrogen-bond acceptors (Lipinski definition) is 2. The van der Waals surface area contributed by atoms with Gasteiger partial charge in [0.25, 0.3) is 0 Å². The topological polar surface area (TPSA) is 18.5 Å². The van der Waals surface area contributed by atoms with E-state index >= 15 is 0 Å². The molecule has 0 spiro atoms. The summed E-state index contributed by atoms with van der Waals surface area (Å²) in [5.74, 6) is 6.80. The first kappa shape index (κ1) is 11.9. The van der Waals surface area contributed by atoms with E-state index in [9.17, 15) is 0 Å². The van der Waals surface area contributed by atoms with E-state index < -0.39 is 0 Å². The van der Waals surface area contributed by atoms with E-state index in [0.717, 1.165) is 11.3 Å². The molecule has 0 fully saturated rings. The molecule has 0 amide bonds. The third-order valence-corrected chi connectivity index (χ3v) is 1.78. The summed E-state index contributed by atoms with van der Waals surface area (Å²) in [5, 5.41) is 0. The molecule has 15 heavy (non-hydrogen) atoms. The standard InChI is InChI=1S/C12H13ClO2/c1-2-14-10-15-12-7-3-5-11(9-12)6-4-8-13/h3,5,7,9H,2,8,10H2,1H3. The molecule has 0 aromatic heterocycles. The summed E-state index contributed by atoms with van der Waals surface area (Å²) in [6, 6.07) is 7.52. The first-order valence-corrected chi connectivity index (χ1v) is 5.25. The van der Waals surface area contributed by atoms with Gasteiger partial charge in [0.1, 0.15) is 5.75 Å². The molecule has 1 aromatic rings. The van der Waals surface area contributed by atoms with Crippen molar-refractivity contribution < 1.29 is 9.47 Å². The molecule has 0 heterocycles. The smallest absolute Gasteiger partial charge is 0.189 e. The maximum Gasteiger partial charge on any atom is 0.189 e. The predicted octanol–water partition coefficient (Wildman–Crippen LogP) is 2.65. The van der Waals surface area contributed by atoms with Gasteiger partial charge >= 0.3 is 0 Å². The van der Waals surface area contributed by atoms with Crippen LogP contribution in [0.5, 0.6) is 5.75 Å². The van der Waals surface area contributed by atoms with Crippen molar-refractivity contribution in [2.75, 3.05) is 19.3 Å². The van der Waals surface area contributed by atoms with Crippen LogP contribution in [0.1, 0.15) is 12.5 Å². The van der Waals surface area contributed by atoms with Crippen molar-refractivity contribution in [1.82, 2.24) is 0 Å². The second-order valence-electron chi connectivity index (χ2n) is 2.72. The maximum absolute atomic E-state index is 5.47. The van der Waals surface area contributed by atoms with E-state index in [1.165, 1.54) is 0 Å². The van der Waals surface area contributed by atoms with Crippen molar-refractivity contribution in [2.45, 2.75) is 6.92 Å². The van der Waals surface area contributed by atoms with Crippen LogP contribution in [0.15, 0.2) is 24.3 Å². The lowest BCUT2D eigenvalue weighted by atomic mass is 10.2. The first-order valence-electron chi connectivity index (χ1n) is 4.72. The van der Waals surface area contributed by atoms with Crippen molar-refractivity contribution in [3.8, 4) is 17.6 Å². The molecule has 1 aromatic carbocycles. The van der Waals surface area contributed by atoms with Crippen molar-refractivity contribution in [3.05, 3.63) is 29.8 Å². The SMILES string of the molecule is CCOCOc1cccc(C#CCCl)c1. The van der Waals surface area contributed by atoms with E-state index in [1.807, 2.05) is 31.2 Å². The Morgan fingerprint density at radius 3 is 3.00 bits per heavy atom. The number of halogens is 1. The Morgan fingerprint density at radius 1 is 1.40 bits per heavy atom. The van der Waals surface area contributed by atoms with Crippen LogP contribution in [-0.2, 0) is 4.74 Å². The normalized spacial score (nSPS) is 9.20. The van der Waals surface area contributed by atoms with Crippen LogP contribution in [0.3, 0.4) is 0 Å². The zero-order valence-corrected chi connectivity index (χ0v) is 9.38. The monoisotopic (exact) mass is 224 g/mol. The Hall–Kier alpha value is -1.17. The maximum atomic E-state index is 5.47. The van der Waals surface area contributed by atoms with Gasteiger partial charge in [-0.2, -0.15) is 0 Å². The lowest BCUT2D eigenvalue weighted by Gasteiger charge is -2.05. The highest BCUT2D eigenvalue weighted by Gasteiger charge is 1.93. The van der Waals surface area contributed by atoms with Gasteiger partial charge in [0.05, 0.1) is 5.88 Å². The minimum absolute atomic E-state index is 0.267. The molecule has 2 nitrogen and oxygen atoms in total. The lowest BCUT2D eigenvalue weighted by Crippen LogP contribution is -2.01. The fourth-order valence-electron chi connectivity index (χ4n) is 0.992. The molecular formula is C12H13ClO2. The Morgan fingerprint density at radius 2 is 2.27 bits per heavy atom. The van der Waals surface area contributed by atoms with Crippen molar-refractivity contribution in [3.63, 3.8) is 0 Å². The minimum Gasteiger partial charge on any atom is -0.468 e. The number of ether oxygens (including phenoxy) is 2. The molecule has 0 radical (unpaired) electrons. The van der Waals surface area contributed by atoms with Gasteiger partial charge in [-0.05, 0) is 25.1 Å². The van der Waals surface area contributed by atoms with E-state index in [1.54, 1.807) is 0 Å². The predicted molar refractivity (Wildman–Crippen MR) is 61.2 cm³/mol. The highest BCUT2D eigenvalue weighted by atomic mass is 35.5. The van der Waals surface area contributed by atoms with Gasteiger partial charge in [0.15, 0.2) is 6.79 Å². The van der Waals surface area contributed by atoms with Crippen LogP contribution in [-0.4, -0.2) is 19.3 Å². The summed E-state index contributed by atoms with van der Waals surface area (Å²) in [7, 11) is 0. The molecule has 0 aliphatic heterocycles. The summed E-state index contributed by atoms with van der Waals surface area (Å²) < 4.78 is 10.4. The zero-order valence-electron chi connectivity index (χ0n) is 8.63. The Labute approximate surface area is 95.2 Å². The summed E-state index contributed by atoms with van der Waals surface area (Å²) in [6.07, 6.45) is 0. The summed E-state index contributed by atoms with van der Waals surface area (Å²) in [5.41, 5.74) is 0.893. The fourth-order valence-corrected chi connectivity index (χ4v) is 1.06. The molecule has 0 aliphatic rings. The quantitative estimate of drug-likeness (QED) is 0.339. The highest BCUT2D eigenvalue weighted by molar-refractivity contribution is 6.19. The van der Waals surface area contributed by atoms with E-state index in [-0.39, 0.29) is 6.79 Å². The summed E-state index contributed by atoms with van der Waals surface area (Å²) in [6.45, 7) is 2.83. The zero-order chi connectivity index (χ0) is 10.9. The van der Waals surface area contributed by atoms with Gasteiger partial charge in [0.2, 0.25) is 0 Å². The van der Waals surface area contributed by atoms with Crippen LogP contribution >= 0.6 is 11.6 Å². The number of benzene rings is 1. The number of rotatable bonds is 4. The van der Waals surface area contributed by atoms with E-state index in [4.69, 9.17) is 21.1 Å². The van der Waals surface area contributed by atoms with Crippen LogP contribution in [0.2, 0.25) is 0 Å². The van der Waals surface area contributed by atoms with Gasteiger partial charge < -0.3 is 9.47 Å². The summed E-state index contributed by atoms with van der Waals surface area (Å²) >= 11 is 5.47. The van der Waals surface area contributed by atoms with E-state index in [0.29, 0.717) is 12.5 Å². The second-order valence-corrected chi connectivity index (χ2v) is 2.99. The van der Waals surface area contributed by atoms with Gasteiger partial charge in [-0.25, -0.2) is 0 Å². The first-order chi connectivity index (χ1) is 7.36. The largest absolute Gasteiger partial charge is 0.468 e. The van der Waals surface area contributed by atoms with Crippen molar-refractivity contribution >= 4 is 11.6 Å². The molecule has 0 bridgehead atoms. The Kier molecular flexibility index (Phi) is 5.69. The van der Waals surface area contributed by atoms with Crippen molar-refractivity contribution in [1.29, 1.82) is 0 Å². The number of hydrogen-bond donors (Lipinski definition) is 0. The molecular weight excluding hydrogens is 212 g/mol. The highest BCUT2D eigenvalue weighted by Crippen LogP contribution is 2.12. The molecule has 1 rings (SSSR count). The lowest BCUT2D eigenvalue weighted by molar-refractivity contribution is 0.0224. The average molecular weight is 225 g/mol. The van der Waals surface area contributed by atoms with Gasteiger partial charge in [-0.3, -0.25) is 0 Å². The van der Waals surface area contributed by atoms with Gasteiger partial charge in [-0.15, -0.1) is 11.6 Å². The Balaban J connectivity index is 2.57. The molecule has 3 heteroatoms. The molecule has 80 valence electrons. The van der Waals surface area contributed by atoms with Crippen LogP contribution in [0, 0.1) is 11.8 Å². The van der Waals surface area contributed by atoms with Crippen LogP contribution in [0.25, 0.3) is 0 Å². The molecule has 0 unspecified atom stereocenters. The molecule has 0 saturated carbocycles. The Bertz CT molecular complexity index is 352. The molecule has 0 N–H and O–H groups in total. The van der Waals surface area contributed by atoms with E-state index in [2.05, 4.69) is 11.8 Å². The fraction of sp³-hybridized carbons (Fsp3) is 0.333. The van der Waals surface area contributed by atoms with Crippen molar-refractivity contribution in [2.24, 2.45) is 0 Å². The third kappa shape index (κ3) is 4.73. The third-order valence-electron chi connectivity index (χ3n) is 1.65. The minimum atomic E-state index is 0.267.